The van der Waals surface area contributed by atoms with Gasteiger partial charge in [-0.15, -0.1) is 0 Å². The highest BCUT2D eigenvalue weighted by Gasteiger charge is 2.38. The summed E-state index contributed by atoms with van der Waals surface area (Å²) < 4.78 is 9.97. The molecule has 1 aromatic rings. The fourth-order valence-corrected chi connectivity index (χ4v) is 2.47. The van der Waals surface area contributed by atoms with Gasteiger partial charge in [-0.2, -0.15) is 0 Å². The van der Waals surface area contributed by atoms with Gasteiger partial charge in [0.05, 0.1) is 13.7 Å². The smallest absolute Gasteiger partial charge is 0.338 e. The zero-order valence-electron chi connectivity index (χ0n) is 9.30. The van der Waals surface area contributed by atoms with Crippen molar-refractivity contribution in [3.63, 3.8) is 0 Å². The van der Waals surface area contributed by atoms with Crippen LogP contribution in [0.25, 0.3) is 0 Å². The molecule has 6 heteroatoms. The molecule has 0 bridgehead atoms. The Balaban J connectivity index is 3.21. The topological polar surface area (TPSA) is 35.5 Å². The fourth-order valence-electron chi connectivity index (χ4n) is 1.26. The molecule has 17 heavy (non-hydrogen) atoms. The van der Waals surface area contributed by atoms with Gasteiger partial charge < -0.3 is 9.47 Å². The lowest BCUT2D eigenvalue weighted by Gasteiger charge is -2.21. The van der Waals surface area contributed by atoms with E-state index in [1.165, 1.54) is 0 Å². The number of hydrogen-bond donors (Lipinski definition) is 0. The molecule has 0 aliphatic rings. The zero-order valence-corrected chi connectivity index (χ0v) is 14.1. The van der Waals surface area contributed by atoms with Gasteiger partial charge in [-0.3, -0.25) is 0 Å². The molecule has 0 aliphatic carbocycles. The van der Waals surface area contributed by atoms with Crippen molar-refractivity contribution in [1.82, 2.24) is 0 Å². The van der Waals surface area contributed by atoms with E-state index in [0.717, 1.165) is 4.47 Å². The number of ether oxygens (including phenoxy) is 2. The largest absolute Gasteiger partial charge is 0.496 e. The summed E-state index contributed by atoms with van der Waals surface area (Å²) in [5.41, 5.74) is 0.646. The standard InChI is InChI=1S/C11H11Br3O3/c1-3-17-10(15)11(13,14)8-6-7(12)4-5-9(8)16-2/h4-6H,3H2,1-2H3. The van der Waals surface area contributed by atoms with Crippen LogP contribution in [0.1, 0.15) is 12.5 Å². The van der Waals surface area contributed by atoms with Crippen molar-refractivity contribution in [1.29, 1.82) is 0 Å². The van der Waals surface area contributed by atoms with E-state index in [0.29, 0.717) is 17.9 Å². The van der Waals surface area contributed by atoms with Gasteiger partial charge in [-0.05, 0) is 25.1 Å². The van der Waals surface area contributed by atoms with E-state index in [9.17, 15) is 4.79 Å². The summed E-state index contributed by atoms with van der Waals surface area (Å²) in [4.78, 5) is 11.9. The maximum Gasteiger partial charge on any atom is 0.338 e. The Morgan fingerprint density at radius 3 is 2.59 bits per heavy atom. The van der Waals surface area contributed by atoms with Crippen LogP contribution in [0.15, 0.2) is 22.7 Å². The Morgan fingerprint density at radius 2 is 2.06 bits per heavy atom. The Labute approximate surface area is 125 Å². The maximum absolute atomic E-state index is 11.9. The number of halogens is 3. The second kappa shape index (κ2) is 6.20. The minimum atomic E-state index is -1.11. The summed E-state index contributed by atoms with van der Waals surface area (Å²) >= 11 is 10.0. The number of benzene rings is 1. The van der Waals surface area contributed by atoms with Crippen LogP contribution in [-0.2, 0) is 12.8 Å². The third kappa shape index (κ3) is 3.45. The second-order valence-electron chi connectivity index (χ2n) is 3.14. The molecule has 0 radical (unpaired) electrons. The monoisotopic (exact) mass is 428 g/mol. The van der Waals surface area contributed by atoms with E-state index in [1.54, 1.807) is 26.2 Å². The number of esters is 1. The number of methoxy groups -OCH3 is 1. The lowest BCUT2D eigenvalue weighted by molar-refractivity contribution is -0.143. The lowest BCUT2D eigenvalue weighted by Crippen LogP contribution is -2.25. The van der Waals surface area contributed by atoms with Crippen LogP contribution < -0.4 is 4.74 Å². The predicted molar refractivity (Wildman–Crippen MR) is 76.9 cm³/mol. The fraction of sp³-hybridized carbons (Fsp3) is 0.364. The molecule has 0 heterocycles. The molecule has 3 nitrogen and oxygen atoms in total. The van der Waals surface area contributed by atoms with Gasteiger partial charge in [-0.25, -0.2) is 4.79 Å². The van der Waals surface area contributed by atoms with Crippen LogP contribution >= 0.6 is 47.8 Å². The quantitative estimate of drug-likeness (QED) is 0.535. The van der Waals surface area contributed by atoms with Gasteiger partial charge >= 0.3 is 5.97 Å². The first-order valence-electron chi connectivity index (χ1n) is 4.82. The molecule has 0 saturated heterocycles. The summed E-state index contributed by atoms with van der Waals surface area (Å²) in [7, 11) is 1.55. The number of hydrogen-bond acceptors (Lipinski definition) is 3. The van der Waals surface area contributed by atoms with E-state index in [-0.39, 0.29) is 0 Å². The second-order valence-corrected chi connectivity index (χ2v) is 7.50. The van der Waals surface area contributed by atoms with Crippen LogP contribution in [0.5, 0.6) is 5.75 Å². The first-order chi connectivity index (χ1) is 7.93. The van der Waals surface area contributed by atoms with Crippen LogP contribution in [-0.4, -0.2) is 19.7 Å². The third-order valence-electron chi connectivity index (χ3n) is 2.03. The highest BCUT2D eigenvalue weighted by molar-refractivity contribution is 9.25. The molecule has 0 unspecified atom stereocenters. The summed E-state index contributed by atoms with van der Waals surface area (Å²) in [6.07, 6.45) is 0. The normalized spacial score (nSPS) is 11.1. The average molecular weight is 431 g/mol. The molecular formula is C11H11Br3O3. The Kier molecular flexibility index (Phi) is 5.47. The zero-order chi connectivity index (χ0) is 13.1. The van der Waals surface area contributed by atoms with Crippen LogP contribution in [0, 0.1) is 0 Å². The van der Waals surface area contributed by atoms with Crippen molar-refractivity contribution < 1.29 is 14.3 Å². The molecule has 0 N–H and O–H groups in total. The molecule has 0 amide bonds. The van der Waals surface area contributed by atoms with Gasteiger partial charge in [0.25, 0.3) is 0 Å². The van der Waals surface area contributed by atoms with E-state index in [2.05, 4.69) is 47.8 Å². The van der Waals surface area contributed by atoms with Crippen molar-refractivity contribution >= 4 is 53.8 Å². The highest BCUT2D eigenvalue weighted by atomic mass is 79.9. The number of carbonyl (C=O) groups is 1. The van der Waals surface area contributed by atoms with Gasteiger partial charge in [0, 0.05) is 10.0 Å². The molecule has 1 rings (SSSR count). The van der Waals surface area contributed by atoms with Crippen molar-refractivity contribution in [3.05, 3.63) is 28.2 Å². The van der Waals surface area contributed by atoms with Crippen LogP contribution in [0.3, 0.4) is 0 Å². The molecular weight excluding hydrogens is 420 g/mol. The van der Waals surface area contributed by atoms with Crippen molar-refractivity contribution in [2.45, 2.75) is 10.2 Å². The molecule has 0 fully saturated rings. The first-order valence-corrected chi connectivity index (χ1v) is 7.20. The minimum Gasteiger partial charge on any atom is -0.496 e. The average Bonchev–Trinajstić information content (AvgIpc) is 2.29. The molecule has 0 aliphatic heterocycles. The lowest BCUT2D eigenvalue weighted by atomic mass is 10.1. The van der Waals surface area contributed by atoms with E-state index in [1.807, 2.05) is 6.07 Å². The molecule has 0 atom stereocenters. The van der Waals surface area contributed by atoms with Gasteiger partial charge in [0.1, 0.15) is 5.75 Å². The van der Waals surface area contributed by atoms with Gasteiger partial charge in [0.15, 0.2) is 0 Å². The number of rotatable bonds is 4. The number of carbonyl (C=O) groups excluding carboxylic acids is 1. The molecule has 0 aromatic heterocycles. The summed E-state index contributed by atoms with van der Waals surface area (Å²) in [5, 5.41) is 0. The van der Waals surface area contributed by atoms with E-state index in [4.69, 9.17) is 9.47 Å². The van der Waals surface area contributed by atoms with Crippen molar-refractivity contribution in [2.75, 3.05) is 13.7 Å². The Hall–Kier alpha value is -0.0700. The third-order valence-corrected chi connectivity index (χ3v) is 4.03. The van der Waals surface area contributed by atoms with E-state index >= 15 is 0 Å². The van der Waals surface area contributed by atoms with Crippen LogP contribution in [0.2, 0.25) is 0 Å². The highest BCUT2D eigenvalue weighted by Crippen LogP contribution is 2.44. The van der Waals surface area contributed by atoms with Crippen LogP contribution in [0.4, 0.5) is 0 Å². The van der Waals surface area contributed by atoms with Crippen molar-refractivity contribution in [3.8, 4) is 5.75 Å². The van der Waals surface area contributed by atoms with Gasteiger partial charge in [0.2, 0.25) is 3.23 Å². The molecule has 94 valence electrons. The minimum absolute atomic E-state index is 0.314. The first kappa shape index (κ1) is 15.0. The number of alkyl halides is 2. The van der Waals surface area contributed by atoms with Gasteiger partial charge in [-0.1, -0.05) is 47.8 Å². The predicted octanol–water partition coefficient (Wildman–Crippen LogP) is 3.96. The maximum atomic E-state index is 11.9. The molecule has 0 spiro atoms. The SMILES string of the molecule is CCOC(=O)C(Br)(Br)c1cc(Br)ccc1OC. The van der Waals surface area contributed by atoms with E-state index < -0.39 is 9.20 Å². The summed E-state index contributed by atoms with van der Waals surface area (Å²) in [6.45, 7) is 2.07. The molecule has 0 saturated carbocycles. The molecule has 1 aromatic carbocycles. The Morgan fingerprint density at radius 1 is 1.41 bits per heavy atom. The summed E-state index contributed by atoms with van der Waals surface area (Å²) in [6, 6.07) is 5.40. The Bertz CT molecular complexity index is 418. The van der Waals surface area contributed by atoms with Crippen molar-refractivity contribution in [2.24, 2.45) is 0 Å². The summed E-state index contributed by atoms with van der Waals surface area (Å²) in [5.74, 6) is 0.173.